The summed E-state index contributed by atoms with van der Waals surface area (Å²) >= 11 is 3.49. The maximum atomic E-state index is 5.83. The zero-order valence-corrected chi connectivity index (χ0v) is 13.4. The molecule has 0 aliphatic heterocycles. The first-order chi connectivity index (χ1) is 9.69. The van der Waals surface area contributed by atoms with Crippen LogP contribution in [0.25, 0.3) is 0 Å². The summed E-state index contributed by atoms with van der Waals surface area (Å²) in [6.07, 6.45) is 1.11. The largest absolute Gasteiger partial charge is 0.485 e. The maximum absolute atomic E-state index is 5.83. The molecular formula is C15H19BrN2O2. The van der Waals surface area contributed by atoms with Gasteiger partial charge in [-0.3, -0.25) is 0 Å². The number of ether oxygens (including phenoxy) is 1. The average Bonchev–Trinajstić information content (AvgIpc) is 2.84. The number of rotatable bonds is 7. The Morgan fingerprint density at radius 3 is 2.90 bits per heavy atom. The lowest BCUT2D eigenvalue weighted by molar-refractivity contribution is 0.246. The van der Waals surface area contributed by atoms with Crippen LogP contribution in [0.1, 0.15) is 30.4 Å². The third kappa shape index (κ3) is 4.35. The number of aryl methyl sites for hydroxylation is 1. The first-order valence-corrected chi connectivity index (χ1v) is 7.52. The Morgan fingerprint density at radius 2 is 2.20 bits per heavy atom. The summed E-state index contributed by atoms with van der Waals surface area (Å²) in [5, 5.41) is 7.24. The van der Waals surface area contributed by atoms with Gasteiger partial charge in [-0.15, -0.1) is 0 Å². The van der Waals surface area contributed by atoms with E-state index >= 15 is 0 Å². The highest BCUT2D eigenvalue weighted by molar-refractivity contribution is 9.10. The van der Waals surface area contributed by atoms with Crippen molar-refractivity contribution in [3.8, 4) is 5.75 Å². The minimum Gasteiger partial charge on any atom is -0.485 e. The van der Waals surface area contributed by atoms with Gasteiger partial charge in [0.25, 0.3) is 0 Å². The molecule has 0 radical (unpaired) electrons. The summed E-state index contributed by atoms with van der Waals surface area (Å²) in [4.78, 5) is 0. The highest BCUT2D eigenvalue weighted by Crippen LogP contribution is 2.24. The van der Waals surface area contributed by atoms with Crippen LogP contribution in [-0.2, 0) is 13.2 Å². The Kier molecular flexibility index (Phi) is 5.61. The van der Waals surface area contributed by atoms with Gasteiger partial charge in [-0.1, -0.05) is 28.0 Å². The predicted molar refractivity (Wildman–Crippen MR) is 81.7 cm³/mol. The van der Waals surface area contributed by atoms with Crippen molar-refractivity contribution in [1.82, 2.24) is 10.5 Å². The van der Waals surface area contributed by atoms with Gasteiger partial charge in [-0.05, 0) is 38.1 Å². The number of aromatic nitrogens is 1. The fourth-order valence-electron chi connectivity index (χ4n) is 1.86. The van der Waals surface area contributed by atoms with Gasteiger partial charge in [0.2, 0.25) is 0 Å². The van der Waals surface area contributed by atoms with Gasteiger partial charge in [0.1, 0.15) is 12.4 Å². The second-order valence-electron chi connectivity index (χ2n) is 4.65. The van der Waals surface area contributed by atoms with E-state index in [0.29, 0.717) is 6.61 Å². The smallest absolute Gasteiger partial charge is 0.174 e. The Hall–Kier alpha value is -1.33. The van der Waals surface area contributed by atoms with E-state index in [2.05, 4.69) is 39.4 Å². The van der Waals surface area contributed by atoms with Crippen LogP contribution in [-0.4, -0.2) is 11.7 Å². The van der Waals surface area contributed by atoms with Crippen molar-refractivity contribution in [3.05, 3.63) is 45.8 Å². The minimum atomic E-state index is 0.392. The van der Waals surface area contributed by atoms with Gasteiger partial charge in [-0.2, -0.15) is 0 Å². The molecule has 1 aromatic heterocycles. The molecule has 2 rings (SSSR count). The molecule has 0 aliphatic rings. The second kappa shape index (κ2) is 7.45. The number of nitrogens with one attached hydrogen (secondary N) is 1. The second-order valence-corrected chi connectivity index (χ2v) is 5.57. The van der Waals surface area contributed by atoms with Crippen molar-refractivity contribution in [2.45, 2.75) is 33.4 Å². The topological polar surface area (TPSA) is 47.3 Å². The van der Waals surface area contributed by atoms with Crippen LogP contribution in [0.3, 0.4) is 0 Å². The number of hydrogen-bond donors (Lipinski definition) is 1. The number of nitrogens with zero attached hydrogens (tertiary/aromatic N) is 1. The van der Waals surface area contributed by atoms with E-state index in [1.807, 2.05) is 25.1 Å². The van der Waals surface area contributed by atoms with Crippen molar-refractivity contribution < 1.29 is 9.26 Å². The first kappa shape index (κ1) is 15.1. The molecule has 5 heteroatoms. The standard InChI is InChI=1S/C15H19BrN2O2/c1-3-6-17-9-12-8-13(16)4-5-15(12)19-10-14-7-11(2)18-20-14/h4-5,7-8,17H,3,6,9-10H2,1-2H3. The highest BCUT2D eigenvalue weighted by Gasteiger charge is 2.07. The quantitative estimate of drug-likeness (QED) is 0.779. The van der Waals surface area contributed by atoms with Gasteiger partial charge in [-0.25, -0.2) is 0 Å². The third-order valence-corrected chi connectivity index (χ3v) is 3.30. The minimum absolute atomic E-state index is 0.392. The van der Waals surface area contributed by atoms with Crippen molar-refractivity contribution in [2.75, 3.05) is 6.54 Å². The molecule has 0 amide bonds. The van der Waals surface area contributed by atoms with Gasteiger partial charge in [0.05, 0.1) is 5.69 Å². The fraction of sp³-hybridized carbons (Fsp3) is 0.400. The lowest BCUT2D eigenvalue weighted by Crippen LogP contribution is -2.14. The van der Waals surface area contributed by atoms with Crippen molar-refractivity contribution in [2.24, 2.45) is 0 Å². The van der Waals surface area contributed by atoms with Crippen molar-refractivity contribution in [3.63, 3.8) is 0 Å². The average molecular weight is 339 g/mol. The van der Waals surface area contributed by atoms with Crippen molar-refractivity contribution >= 4 is 15.9 Å². The molecule has 108 valence electrons. The normalized spacial score (nSPS) is 10.8. The molecule has 0 aliphatic carbocycles. The summed E-state index contributed by atoms with van der Waals surface area (Å²) in [6, 6.07) is 7.90. The van der Waals surface area contributed by atoms with Gasteiger partial charge >= 0.3 is 0 Å². The Morgan fingerprint density at radius 1 is 1.35 bits per heavy atom. The molecule has 1 aromatic carbocycles. The summed E-state index contributed by atoms with van der Waals surface area (Å²) < 4.78 is 12.0. The lowest BCUT2D eigenvalue weighted by atomic mass is 10.2. The first-order valence-electron chi connectivity index (χ1n) is 6.73. The molecule has 0 saturated carbocycles. The summed E-state index contributed by atoms with van der Waals surface area (Å²) in [7, 11) is 0. The van der Waals surface area contributed by atoms with Crippen LogP contribution in [0, 0.1) is 6.92 Å². The molecule has 4 nitrogen and oxygen atoms in total. The molecule has 0 atom stereocenters. The number of benzene rings is 1. The van der Waals surface area contributed by atoms with Gasteiger partial charge in [0.15, 0.2) is 5.76 Å². The predicted octanol–water partition coefficient (Wildman–Crippen LogP) is 3.82. The van der Waals surface area contributed by atoms with Crippen LogP contribution in [0.4, 0.5) is 0 Å². The van der Waals surface area contributed by atoms with Gasteiger partial charge < -0.3 is 14.6 Å². The van der Waals surface area contributed by atoms with E-state index in [-0.39, 0.29) is 0 Å². The van der Waals surface area contributed by atoms with E-state index in [1.54, 1.807) is 0 Å². The maximum Gasteiger partial charge on any atom is 0.174 e. The summed E-state index contributed by atoms with van der Waals surface area (Å²) in [5.74, 6) is 1.60. The zero-order valence-electron chi connectivity index (χ0n) is 11.8. The molecule has 0 spiro atoms. The van der Waals surface area contributed by atoms with Crippen LogP contribution in [0.5, 0.6) is 5.75 Å². The zero-order chi connectivity index (χ0) is 14.4. The molecule has 0 bridgehead atoms. The SMILES string of the molecule is CCCNCc1cc(Br)ccc1OCc1cc(C)no1. The molecule has 0 unspecified atom stereocenters. The van der Waals surface area contributed by atoms with Crippen LogP contribution < -0.4 is 10.1 Å². The molecule has 1 N–H and O–H groups in total. The lowest BCUT2D eigenvalue weighted by Gasteiger charge is -2.11. The van der Waals surface area contributed by atoms with E-state index < -0.39 is 0 Å². The Balaban J connectivity index is 2.01. The number of halogens is 1. The summed E-state index contributed by atoms with van der Waals surface area (Å²) in [6.45, 7) is 6.22. The van der Waals surface area contributed by atoms with Crippen LogP contribution in [0.15, 0.2) is 33.3 Å². The fourth-order valence-corrected chi connectivity index (χ4v) is 2.27. The van der Waals surface area contributed by atoms with E-state index in [0.717, 1.165) is 46.8 Å². The Labute approximate surface area is 127 Å². The molecular weight excluding hydrogens is 320 g/mol. The van der Waals surface area contributed by atoms with Crippen LogP contribution in [0.2, 0.25) is 0 Å². The molecule has 1 heterocycles. The Bertz CT molecular complexity index is 555. The van der Waals surface area contributed by atoms with E-state index in [4.69, 9.17) is 9.26 Å². The van der Waals surface area contributed by atoms with E-state index in [9.17, 15) is 0 Å². The monoisotopic (exact) mass is 338 g/mol. The highest BCUT2D eigenvalue weighted by atomic mass is 79.9. The molecule has 0 fully saturated rings. The van der Waals surface area contributed by atoms with Crippen LogP contribution >= 0.6 is 15.9 Å². The molecule has 20 heavy (non-hydrogen) atoms. The number of hydrogen-bond acceptors (Lipinski definition) is 4. The van der Waals surface area contributed by atoms with Crippen molar-refractivity contribution in [1.29, 1.82) is 0 Å². The van der Waals surface area contributed by atoms with E-state index in [1.165, 1.54) is 0 Å². The summed E-state index contributed by atoms with van der Waals surface area (Å²) in [5.41, 5.74) is 1.99. The molecule has 0 saturated heterocycles. The molecule has 2 aromatic rings. The van der Waals surface area contributed by atoms with Gasteiger partial charge in [0, 0.05) is 22.6 Å². The third-order valence-electron chi connectivity index (χ3n) is 2.81.